The van der Waals surface area contributed by atoms with Crippen LogP contribution >= 0.6 is 18.9 Å². The van der Waals surface area contributed by atoms with Crippen LogP contribution in [0.1, 0.15) is 63.0 Å². The van der Waals surface area contributed by atoms with Crippen molar-refractivity contribution in [1.82, 2.24) is 19.3 Å². The summed E-state index contributed by atoms with van der Waals surface area (Å²) < 4.78 is 56.8. The molecular weight excluding hydrogens is 633 g/mol. The van der Waals surface area contributed by atoms with Crippen molar-refractivity contribution in [2.24, 2.45) is 0 Å². The highest BCUT2D eigenvalue weighted by atomic mass is 32.2. The van der Waals surface area contributed by atoms with Crippen molar-refractivity contribution < 1.29 is 26.8 Å². The Hall–Kier alpha value is -2.41. The lowest BCUT2D eigenvalue weighted by Crippen LogP contribution is -2.39. The van der Waals surface area contributed by atoms with E-state index < -0.39 is 17.6 Å². The van der Waals surface area contributed by atoms with E-state index in [0.29, 0.717) is 44.0 Å². The van der Waals surface area contributed by atoms with Gasteiger partial charge >= 0.3 is 7.60 Å². The lowest BCUT2D eigenvalue weighted by atomic mass is 10.0. The molecule has 3 aromatic rings. The fraction of sp³-hybridized carbons (Fsp3) is 0.581. The molecule has 11 nitrogen and oxygen atoms in total. The predicted octanol–water partition coefficient (Wildman–Crippen LogP) is 6.16. The summed E-state index contributed by atoms with van der Waals surface area (Å²) in [6.07, 6.45) is 12.5. The van der Waals surface area contributed by atoms with Gasteiger partial charge in [-0.2, -0.15) is 4.31 Å². The Morgan fingerprint density at radius 3 is 2.47 bits per heavy atom. The van der Waals surface area contributed by atoms with Gasteiger partial charge in [0.15, 0.2) is 0 Å². The molecule has 45 heavy (non-hydrogen) atoms. The van der Waals surface area contributed by atoms with Crippen LogP contribution in [0.5, 0.6) is 5.19 Å². The number of sulfonamides is 1. The lowest BCUT2D eigenvalue weighted by molar-refractivity contribution is 0.170. The Morgan fingerprint density at radius 2 is 1.80 bits per heavy atom. The zero-order valence-corrected chi connectivity index (χ0v) is 28.9. The third-order valence-electron chi connectivity index (χ3n) is 8.42. The highest BCUT2D eigenvalue weighted by molar-refractivity contribution is 7.89. The van der Waals surface area contributed by atoms with Gasteiger partial charge in [-0.25, -0.2) is 23.4 Å². The van der Waals surface area contributed by atoms with Crippen molar-refractivity contribution in [1.29, 1.82) is 0 Å². The molecule has 0 atom stereocenters. The number of fused-ring (bicyclic) bond motifs is 1. The quantitative estimate of drug-likeness (QED) is 0.136. The molecule has 2 aliphatic heterocycles. The number of anilines is 1. The number of ether oxygens (including phenoxy) is 1. The second-order valence-corrected chi connectivity index (χ2v) is 17.0. The van der Waals surface area contributed by atoms with E-state index in [0.717, 1.165) is 66.1 Å². The van der Waals surface area contributed by atoms with Gasteiger partial charge in [0.25, 0.3) is 5.19 Å². The van der Waals surface area contributed by atoms with Crippen molar-refractivity contribution in [3.8, 4) is 5.19 Å². The summed E-state index contributed by atoms with van der Waals surface area (Å²) >= 11 is 1.56. The fourth-order valence-electron chi connectivity index (χ4n) is 5.72. The minimum atomic E-state index is -3.36. The van der Waals surface area contributed by atoms with Crippen molar-refractivity contribution in [3.05, 3.63) is 47.8 Å². The van der Waals surface area contributed by atoms with Crippen molar-refractivity contribution in [2.75, 3.05) is 57.2 Å². The summed E-state index contributed by atoms with van der Waals surface area (Å²) in [7, 11) is -3.68. The molecule has 14 heteroatoms. The van der Waals surface area contributed by atoms with Gasteiger partial charge in [-0.15, -0.1) is 0 Å². The van der Waals surface area contributed by atoms with Gasteiger partial charge in [-0.1, -0.05) is 43.2 Å². The molecule has 0 amide bonds. The third kappa shape index (κ3) is 8.90. The highest BCUT2D eigenvalue weighted by Crippen LogP contribution is 2.47. The molecule has 0 bridgehead atoms. The van der Waals surface area contributed by atoms with Crippen LogP contribution in [0.3, 0.4) is 0 Å². The summed E-state index contributed by atoms with van der Waals surface area (Å²) in [5.74, 6) is 0.864. The van der Waals surface area contributed by atoms with E-state index in [9.17, 15) is 13.0 Å². The number of rotatable bonds is 15. The second-order valence-electron chi connectivity index (χ2n) is 11.5. The van der Waals surface area contributed by atoms with Crippen LogP contribution in [0.25, 0.3) is 15.8 Å². The first-order chi connectivity index (χ1) is 21.7. The van der Waals surface area contributed by atoms with Crippen LogP contribution in [0.15, 0.2) is 36.7 Å². The largest absolute Gasteiger partial charge is 0.467 e. The van der Waals surface area contributed by atoms with Gasteiger partial charge in [0.1, 0.15) is 6.10 Å². The van der Waals surface area contributed by atoms with E-state index in [2.05, 4.69) is 33.9 Å². The molecule has 0 radical (unpaired) electrons. The van der Waals surface area contributed by atoms with Gasteiger partial charge < -0.3 is 18.7 Å². The summed E-state index contributed by atoms with van der Waals surface area (Å²) in [5.41, 5.74) is 4.32. The SMILES string of the molecule is CCCc1cnc(N2CCC(Oc3nc4ccc(C5=CCN(S(=O)(=O)CCCCCP(=O)(OC)OC)CC5)cc4s3)CC2)nc1. The number of thiazole rings is 1. The minimum Gasteiger partial charge on any atom is -0.467 e. The predicted molar refractivity (Wildman–Crippen MR) is 180 cm³/mol. The first-order valence-corrected chi connectivity index (χ1v) is 19.9. The molecule has 0 spiro atoms. The van der Waals surface area contributed by atoms with Crippen molar-refractivity contribution in [3.63, 3.8) is 0 Å². The molecule has 5 rings (SSSR count). The first kappa shape index (κ1) is 33.9. The van der Waals surface area contributed by atoms with Gasteiger partial charge in [-0.3, -0.25) is 4.57 Å². The molecule has 1 aromatic carbocycles. The topological polar surface area (TPSA) is 124 Å². The molecule has 0 saturated carbocycles. The van der Waals surface area contributed by atoms with Crippen molar-refractivity contribution in [2.45, 2.75) is 64.4 Å². The van der Waals surface area contributed by atoms with E-state index in [1.165, 1.54) is 19.8 Å². The summed E-state index contributed by atoms with van der Waals surface area (Å²) in [6, 6.07) is 6.22. The van der Waals surface area contributed by atoms with Gasteiger partial charge in [-0.05, 0) is 54.5 Å². The number of aromatic nitrogens is 3. The number of hydrogen-bond donors (Lipinski definition) is 0. The Labute approximate surface area is 270 Å². The summed E-state index contributed by atoms with van der Waals surface area (Å²) in [6.45, 7) is 4.67. The molecule has 2 aliphatic rings. The van der Waals surface area contributed by atoms with Crippen LogP contribution < -0.4 is 9.64 Å². The maximum Gasteiger partial charge on any atom is 0.330 e. The molecule has 0 N–H and O–H groups in total. The number of unbranched alkanes of at least 4 members (excludes halogenated alkanes) is 2. The Morgan fingerprint density at radius 1 is 1.04 bits per heavy atom. The Kier molecular flexibility index (Phi) is 11.7. The number of aryl methyl sites for hydroxylation is 1. The second kappa shape index (κ2) is 15.5. The minimum absolute atomic E-state index is 0.0784. The number of benzene rings is 1. The van der Waals surface area contributed by atoms with E-state index in [1.54, 1.807) is 15.6 Å². The summed E-state index contributed by atoms with van der Waals surface area (Å²) in [5, 5.41) is 0.683. The van der Waals surface area contributed by atoms with Crippen LogP contribution in [0.2, 0.25) is 0 Å². The number of nitrogens with zero attached hydrogens (tertiary/aromatic N) is 5. The van der Waals surface area contributed by atoms with Crippen LogP contribution in [-0.4, -0.2) is 86.1 Å². The first-order valence-electron chi connectivity index (χ1n) is 15.7. The van der Waals surface area contributed by atoms with Gasteiger partial charge in [0, 0.05) is 65.6 Å². The van der Waals surface area contributed by atoms with Gasteiger partial charge in [0.05, 0.1) is 22.1 Å². The smallest absolute Gasteiger partial charge is 0.330 e. The summed E-state index contributed by atoms with van der Waals surface area (Å²) in [4.78, 5) is 16.1. The normalized spacial score (nSPS) is 17.1. The molecule has 246 valence electrons. The Balaban J connectivity index is 1.10. The van der Waals surface area contributed by atoms with Gasteiger partial charge in [0.2, 0.25) is 16.0 Å². The fourth-order valence-corrected chi connectivity index (χ4v) is 9.26. The standard InChI is InChI=1S/C31H44N5O6PS2/c1-4-8-24-22-32-30(33-23-24)35-15-13-27(14-16-35)42-31-34-28-10-9-26(21-29(28)44-31)25-11-17-36(18-12-25)45(38,39)20-7-5-6-19-43(37,40-2)41-3/h9-11,21-23,27H,4-8,12-20H2,1-3H3. The average molecular weight is 678 g/mol. The van der Waals surface area contributed by atoms with Crippen molar-refractivity contribution >= 4 is 50.7 Å². The van der Waals surface area contributed by atoms with E-state index in [4.69, 9.17) is 18.8 Å². The maximum absolute atomic E-state index is 12.9. The zero-order chi connectivity index (χ0) is 31.9. The highest BCUT2D eigenvalue weighted by Gasteiger charge is 2.26. The molecule has 0 aliphatic carbocycles. The van der Waals surface area contributed by atoms with E-state index in [1.807, 2.05) is 24.5 Å². The lowest BCUT2D eigenvalue weighted by Gasteiger charge is -2.31. The maximum atomic E-state index is 12.9. The molecule has 0 unspecified atom stereocenters. The third-order valence-corrected chi connectivity index (χ3v) is 13.2. The molecule has 2 aromatic heterocycles. The van der Waals surface area contributed by atoms with E-state index in [-0.39, 0.29) is 18.0 Å². The number of piperidine rings is 1. The van der Waals surface area contributed by atoms with E-state index >= 15 is 0 Å². The molecular formula is C31H44N5O6PS2. The number of hydrogen-bond acceptors (Lipinski definition) is 11. The van der Waals surface area contributed by atoms with Crippen LogP contribution in [0.4, 0.5) is 5.95 Å². The average Bonchev–Trinajstić information content (AvgIpc) is 3.47. The molecule has 4 heterocycles. The Bertz CT molecular complexity index is 1600. The monoisotopic (exact) mass is 677 g/mol. The molecule has 1 saturated heterocycles. The zero-order valence-electron chi connectivity index (χ0n) is 26.4. The molecule has 1 fully saturated rings. The van der Waals surface area contributed by atoms with Crippen LogP contribution in [0, 0.1) is 0 Å². The van der Waals surface area contributed by atoms with Crippen LogP contribution in [-0.2, 0) is 30.1 Å².